The van der Waals surface area contributed by atoms with Crippen LogP contribution in [0, 0.1) is 6.92 Å². The fourth-order valence-electron chi connectivity index (χ4n) is 2.96. The highest BCUT2D eigenvalue weighted by Gasteiger charge is 2.23. The molecule has 1 fully saturated rings. The standard InChI is InChI=1S/C18H22N2O3S/c1-12-16(24-18(19-12)13-4-2-3-5-13)17(22)20-14-6-8-15(9-7-14)23-11-10-21/h6-9,13,21H,2-5,10-11H2,1H3,(H,20,22). The zero-order valence-corrected chi connectivity index (χ0v) is 14.6. The number of amides is 1. The van der Waals surface area contributed by atoms with E-state index in [1.807, 2.05) is 6.92 Å². The lowest BCUT2D eigenvalue weighted by molar-refractivity contribution is 0.103. The Kier molecular flexibility index (Phi) is 5.48. The molecular weight excluding hydrogens is 324 g/mol. The summed E-state index contributed by atoms with van der Waals surface area (Å²) < 4.78 is 5.31. The smallest absolute Gasteiger partial charge is 0.267 e. The average molecular weight is 346 g/mol. The van der Waals surface area contributed by atoms with Crippen molar-refractivity contribution in [2.75, 3.05) is 18.5 Å². The molecule has 24 heavy (non-hydrogen) atoms. The third-order valence-corrected chi connectivity index (χ3v) is 5.51. The van der Waals surface area contributed by atoms with Gasteiger partial charge in [0.05, 0.1) is 17.3 Å². The monoisotopic (exact) mass is 346 g/mol. The largest absolute Gasteiger partial charge is 0.491 e. The predicted molar refractivity (Wildman–Crippen MR) is 95.0 cm³/mol. The van der Waals surface area contributed by atoms with Gasteiger partial charge in [-0.25, -0.2) is 4.98 Å². The van der Waals surface area contributed by atoms with Gasteiger partial charge in [-0.3, -0.25) is 4.79 Å². The van der Waals surface area contributed by atoms with Gasteiger partial charge in [-0.15, -0.1) is 11.3 Å². The summed E-state index contributed by atoms with van der Waals surface area (Å²) in [5, 5.41) is 12.8. The molecule has 1 aliphatic carbocycles. The van der Waals surface area contributed by atoms with Crippen molar-refractivity contribution in [2.45, 2.75) is 38.5 Å². The van der Waals surface area contributed by atoms with E-state index in [0.29, 0.717) is 22.2 Å². The molecular formula is C18H22N2O3S. The summed E-state index contributed by atoms with van der Waals surface area (Å²) in [5.74, 6) is 1.08. The first-order chi connectivity index (χ1) is 11.7. The summed E-state index contributed by atoms with van der Waals surface area (Å²) in [6.45, 7) is 2.14. The van der Waals surface area contributed by atoms with Crippen molar-refractivity contribution in [3.05, 3.63) is 39.8 Å². The number of rotatable bonds is 6. The molecule has 2 aromatic rings. The number of aliphatic hydroxyl groups is 1. The van der Waals surface area contributed by atoms with Crippen LogP contribution >= 0.6 is 11.3 Å². The summed E-state index contributed by atoms with van der Waals surface area (Å²) in [4.78, 5) is 17.8. The van der Waals surface area contributed by atoms with Gasteiger partial charge in [0, 0.05) is 11.6 Å². The average Bonchev–Trinajstić information content (AvgIpc) is 3.23. The Morgan fingerprint density at radius 2 is 2.04 bits per heavy atom. The number of nitrogens with one attached hydrogen (secondary N) is 1. The Morgan fingerprint density at radius 3 is 2.71 bits per heavy atom. The maximum Gasteiger partial charge on any atom is 0.267 e. The second-order valence-electron chi connectivity index (χ2n) is 6.00. The van der Waals surface area contributed by atoms with Gasteiger partial charge in [-0.2, -0.15) is 0 Å². The molecule has 5 nitrogen and oxygen atoms in total. The molecule has 0 unspecified atom stereocenters. The van der Waals surface area contributed by atoms with Gasteiger partial charge >= 0.3 is 0 Å². The van der Waals surface area contributed by atoms with E-state index in [2.05, 4.69) is 10.3 Å². The Labute approximate surface area is 145 Å². The minimum absolute atomic E-state index is 0.0214. The molecule has 1 aliphatic rings. The second kappa shape index (κ2) is 7.77. The van der Waals surface area contributed by atoms with Crippen LogP contribution in [0.1, 0.15) is 52.0 Å². The molecule has 3 rings (SSSR count). The number of carbonyl (C=O) groups is 1. The van der Waals surface area contributed by atoms with E-state index in [0.717, 1.165) is 10.7 Å². The Hall–Kier alpha value is -1.92. The van der Waals surface area contributed by atoms with Crippen molar-refractivity contribution < 1.29 is 14.6 Å². The van der Waals surface area contributed by atoms with Crippen LogP contribution in [0.5, 0.6) is 5.75 Å². The van der Waals surface area contributed by atoms with Crippen LogP contribution < -0.4 is 10.1 Å². The summed E-state index contributed by atoms with van der Waals surface area (Å²) >= 11 is 1.52. The van der Waals surface area contributed by atoms with Crippen molar-refractivity contribution in [3.63, 3.8) is 0 Å². The molecule has 2 N–H and O–H groups in total. The van der Waals surface area contributed by atoms with Crippen LogP contribution in [-0.4, -0.2) is 29.2 Å². The van der Waals surface area contributed by atoms with Gasteiger partial charge in [0.2, 0.25) is 0 Å². The van der Waals surface area contributed by atoms with Crippen LogP contribution in [0.3, 0.4) is 0 Å². The topological polar surface area (TPSA) is 71.5 Å². The zero-order chi connectivity index (χ0) is 16.9. The number of hydrogen-bond donors (Lipinski definition) is 2. The maximum absolute atomic E-state index is 12.5. The molecule has 0 bridgehead atoms. The zero-order valence-electron chi connectivity index (χ0n) is 13.7. The highest BCUT2D eigenvalue weighted by molar-refractivity contribution is 7.14. The Morgan fingerprint density at radius 1 is 1.33 bits per heavy atom. The molecule has 0 spiro atoms. The highest BCUT2D eigenvalue weighted by Crippen LogP contribution is 2.37. The van der Waals surface area contributed by atoms with E-state index in [9.17, 15) is 4.79 Å². The molecule has 1 aromatic heterocycles. The summed E-state index contributed by atoms with van der Waals surface area (Å²) in [6.07, 6.45) is 4.89. The number of benzene rings is 1. The van der Waals surface area contributed by atoms with Gasteiger partial charge in [0.15, 0.2) is 0 Å². The lowest BCUT2D eigenvalue weighted by atomic mass is 10.1. The minimum atomic E-state index is -0.113. The van der Waals surface area contributed by atoms with Crippen LogP contribution in [0.15, 0.2) is 24.3 Å². The normalized spacial score (nSPS) is 14.8. The summed E-state index contributed by atoms with van der Waals surface area (Å²) in [7, 11) is 0. The van der Waals surface area contributed by atoms with Crippen molar-refractivity contribution in [1.82, 2.24) is 4.98 Å². The van der Waals surface area contributed by atoms with Gasteiger partial charge < -0.3 is 15.2 Å². The third kappa shape index (κ3) is 3.94. The fourth-order valence-corrected chi connectivity index (χ4v) is 4.09. The second-order valence-corrected chi connectivity index (χ2v) is 7.03. The Bertz CT molecular complexity index is 691. The number of thiazole rings is 1. The van der Waals surface area contributed by atoms with Gasteiger partial charge in [-0.05, 0) is 44.0 Å². The van der Waals surface area contributed by atoms with Gasteiger partial charge in [0.1, 0.15) is 17.2 Å². The quantitative estimate of drug-likeness (QED) is 0.836. The number of ether oxygens (including phenoxy) is 1. The molecule has 0 aliphatic heterocycles. The molecule has 0 saturated heterocycles. The molecule has 0 atom stereocenters. The first kappa shape index (κ1) is 16.9. The molecule has 1 aromatic carbocycles. The van der Waals surface area contributed by atoms with E-state index in [1.165, 1.54) is 37.0 Å². The van der Waals surface area contributed by atoms with Crippen molar-refractivity contribution in [2.24, 2.45) is 0 Å². The number of aryl methyl sites for hydroxylation is 1. The van der Waals surface area contributed by atoms with E-state index < -0.39 is 0 Å². The Balaban J connectivity index is 1.66. The van der Waals surface area contributed by atoms with Crippen LogP contribution in [0.25, 0.3) is 0 Å². The molecule has 6 heteroatoms. The molecule has 1 heterocycles. The fraction of sp³-hybridized carbons (Fsp3) is 0.444. The van der Waals surface area contributed by atoms with Crippen molar-refractivity contribution in [3.8, 4) is 5.75 Å². The number of nitrogens with zero attached hydrogens (tertiary/aromatic N) is 1. The maximum atomic E-state index is 12.5. The van der Waals surface area contributed by atoms with E-state index in [-0.39, 0.29) is 19.1 Å². The van der Waals surface area contributed by atoms with E-state index >= 15 is 0 Å². The highest BCUT2D eigenvalue weighted by atomic mass is 32.1. The number of aliphatic hydroxyl groups excluding tert-OH is 1. The lowest BCUT2D eigenvalue weighted by Gasteiger charge is -2.07. The minimum Gasteiger partial charge on any atom is -0.491 e. The van der Waals surface area contributed by atoms with E-state index in [1.54, 1.807) is 24.3 Å². The van der Waals surface area contributed by atoms with Gasteiger partial charge in [-0.1, -0.05) is 12.8 Å². The number of carbonyl (C=O) groups excluding carboxylic acids is 1. The molecule has 128 valence electrons. The van der Waals surface area contributed by atoms with E-state index in [4.69, 9.17) is 9.84 Å². The number of aromatic nitrogens is 1. The third-order valence-electron chi connectivity index (χ3n) is 4.20. The SMILES string of the molecule is Cc1nc(C2CCCC2)sc1C(=O)Nc1ccc(OCCO)cc1. The summed E-state index contributed by atoms with van der Waals surface area (Å²) in [6, 6.07) is 7.13. The van der Waals surface area contributed by atoms with Crippen LogP contribution in [0.2, 0.25) is 0 Å². The van der Waals surface area contributed by atoms with Crippen LogP contribution in [0.4, 0.5) is 5.69 Å². The van der Waals surface area contributed by atoms with Crippen molar-refractivity contribution in [1.29, 1.82) is 0 Å². The molecule has 0 radical (unpaired) electrons. The van der Waals surface area contributed by atoms with Gasteiger partial charge in [0.25, 0.3) is 5.91 Å². The molecule has 1 saturated carbocycles. The first-order valence-electron chi connectivity index (χ1n) is 8.30. The predicted octanol–water partition coefficient (Wildman–Crippen LogP) is 3.73. The summed E-state index contributed by atoms with van der Waals surface area (Å²) in [5.41, 5.74) is 1.52. The van der Waals surface area contributed by atoms with Crippen LogP contribution in [-0.2, 0) is 0 Å². The lowest BCUT2D eigenvalue weighted by Crippen LogP contribution is -2.11. The van der Waals surface area contributed by atoms with Crippen molar-refractivity contribution >= 4 is 22.9 Å². The molecule has 1 amide bonds. The number of hydrogen-bond acceptors (Lipinski definition) is 5. The first-order valence-corrected chi connectivity index (χ1v) is 9.11. The number of anilines is 1.